The normalized spacial score (nSPS) is 14.6. The smallest absolute Gasteiger partial charge is 0.0805 e. The van der Waals surface area contributed by atoms with Crippen molar-refractivity contribution in [3.05, 3.63) is 24.3 Å². The van der Waals surface area contributed by atoms with Crippen molar-refractivity contribution in [2.24, 2.45) is 0 Å². The van der Waals surface area contributed by atoms with E-state index in [2.05, 4.69) is 13.0 Å². The van der Waals surface area contributed by atoms with Gasteiger partial charge in [-0.3, -0.25) is 0 Å². The van der Waals surface area contributed by atoms with Gasteiger partial charge in [0.05, 0.1) is 12.7 Å². The molecule has 0 fully saturated rings. The lowest BCUT2D eigenvalue weighted by molar-refractivity contribution is 0.0976. The molecule has 0 aliphatic rings. The van der Waals surface area contributed by atoms with Crippen LogP contribution in [0.3, 0.4) is 0 Å². The standard InChI is InChI=1S/C10H18O2/c1-2-3-4-5-6-7-8-10(12)9-11/h4-7,10-12H,2-3,8-9H2,1H3. The molecule has 0 radical (unpaired) electrons. The molecule has 0 aromatic heterocycles. The highest BCUT2D eigenvalue weighted by atomic mass is 16.3. The Morgan fingerprint density at radius 2 is 1.92 bits per heavy atom. The van der Waals surface area contributed by atoms with Crippen LogP contribution in [-0.2, 0) is 0 Å². The second-order valence-electron chi connectivity index (χ2n) is 2.72. The minimum Gasteiger partial charge on any atom is -0.394 e. The van der Waals surface area contributed by atoms with Crippen LogP contribution in [0.1, 0.15) is 26.2 Å². The molecule has 70 valence electrons. The molecule has 12 heavy (non-hydrogen) atoms. The fourth-order valence-corrected chi connectivity index (χ4v) is 0.730. The zero-order valence-electron chi connectivity index (χ0n) is 7.61. The van der Waals surface area contributed by atoms with Gasteiger partial charge in [-0.25, -0.2) is 0 Å². The molecule has 0 rings (SSSR count). The molecule has 1 unspecified atom stereocenters. The molecule has 0 saturated carbocycles. The molecule has 1 atom stereocenters. The van der Waals surface area contributed by atoms with Gasteiger partial charge in [-0.15, -0.1) is 0 Å². The van der Waals surface area contributed by atoms with E-state index in [1.54, 1.807) is 0 Å². The second kappa shape index (κ2) is 8.50. The van der Waals surface area contributed by atoms with Crippen molar-refractivity contribution in [1.29, 1.82) is 0 Å². The van der Waals surface area contributed by atoms with Gasteiger partial charge in [0, 0.05) is 0 Å². The summed E-state index contributed by atoms with van der Waals surface area (Å²) in [5.41, 5.74) is 0. The first kappa shape index (κ1) is 11.4. The molecule has 0 heterocycles. The topological polar surface area (TPSA) is 40.5 Å². The summed E-state index contributed by atoms with van der Waals surface area (Å²) in [6.07, 6.45) is 9.96. The van der Waals surface area contributed by atoms with Gasteiger partial charge in [-0.1, -0.05) is 37.6 Å². The Bertz CT molecular complexity index is 139. The largest absolute Gasteiger partial charge is 0.394 e. The minimum atomic E-state index is -0.610. The molecule has 0 bridgehead atoms. The van der Waals surface area contributed by atoms with Gasteiger partial charge < -0.3 is 10.2 Å². The molecule has 0 aliphatic heterocycles. The molecule has 0 saturated heterocycles. The molecule has 2 N–H and O–H groups in total. The van der Waals surface area contributed by atoms with Crippen molar-refractivity contribution in [3.63, 3.8) is 0 Å². The molecule has 0 aromatic rings. The Labute approximate surface area is 74.2 Å². The van der Waals surface area contributed by atoms with Gasteiger partial charge in [0.2, 0.25) is 0 Å². The van der Waals surface area contributed by atoms with E-state index in [4.69, 9.17) is 10.2 Å². The third-order valence-corrected chi connectivity index (χ3v) is 1.46. The first-order valence-corrected chi connectivity index (χ1v) is 4.41. The number of aliphatic hydroxyl groups is 2. The predicted molar refractivity (Wildman–Crippen MR) is 50.9 cm³/mol. The number of allylic oxidation sites excluding steroid dienone is 3. The van der Waals surface area contributed by atoms with Crippen LogP contribution in [0.15, 0.2) is 24.3 Å². The van der Waals surface area contributed by atoms with E-state index >= 15 is 0 Å². The summed E-state index contributed by atoms with van der Waals surface area (Å²) in [7, 11) is 0. The number of aliphatic hydroxyl groups excluding tert-OH is 2. The highest BCUT2D eigenvalue weighted by Crippen LogP contribution is 1.93. The van der Waals surface area contributed by atoms with E-state index < -0.39 is 6.10 Å². The number of rotatable bonds is 6. The Kier molecular flexibility index (Phi) is 8.07. The van der Waals surface area contributed by atoms with E-state index in [0.717, 1.165) is 12.8 Å². The molecule has 0 aliphatic carbocycles. The van der Waals surface area contributed by atoms with Crippen molar-refractivity contribution in [3.8, 4) is 0 Å². The van der Waals surface area contributed by atoms with Gasteiger partial charge in [0.1, 0.15) is 0 Å². The van der Waals surface area contributed by atoms with Crippen molar-refractivity contribution >= 4 is 0 Å². The third kappa shape index (κ3) is 7.51. The van der Waals surface area contributed by atoms with Gasteiger partial charge in [-0.05, 0) is 12.8 Å². The molecule has 2 heteroatoms. The Morgan fingerprint density at radius 1 is 1.25 bits per heavy atom. The molecule has 2 nitrogen and oxygen atoms in total. The number of hydrogen-bond donors (Lipinski definition) is 2. The van der Waals surface area contributed by atoms with Gasteiger partial charge in [0.25, 0.3) is 0 Å². The Hall–Kier alpha value is -0.600. The van der Waals surface area contributed by atoms with E-state index in [-0.39, 0.29) is 6.61 Å². The quantitative estimate of drug-likeness (QED) is 0.595. The van der Waals surface area contributed by atoms with E-state index in [1.807, 2.05) is 18.2 Å². The van der Waals surface area contributed by atoms with Crippen molar-refractivity contribution in [2.45, 2.75) is 32.3 Å². The fraction of sp³-hybridized carbons (Fsp3) is 0.600. The number of unbranched alkanes of at least 4 members (excludes halogenated alkanes) is 1. The summed E-state index contributed by atoms with van der Waals surface area (Å²) in [4.78, 5) is 0. The molecule has 0 amide bonds. The first-order chi connectivity index (χ1) is 5.81. The fourth-order valence-electron chi connectivity index (χ4n) is 0.730. The Balaban J connectivity index is 3.36. The summed E-state index contributed by atoms with van der Waals surface area (Å²) in [5.74, 6) is 0. The minimum absolute atomic E-state index is 0.164. The van der Waals surface area contributed by atoms with Crippen LogP contribution in [0.5, 0.6) is 0 Å². The molecule has 0 spiro atoms. The SMILES string of the molecule is CCCC=CC=CCC(O)CO. The van der Waals surface area contributed by atoms with Crippen LogP contribution in [0.2, 0.25) is 0 Å². The zero-order valence-corrected chi connectivity index (χ0v) is 7.61. The predicted octanol–water partition coefficient (Wildman–Crippen LogP) is 1.64. The van der Waals surface area contributed by atoms with Crippen molar-refractivity contribution in [2.75, 3.05) is 6.61 Å². The maximum Gasteiger partial charge on any atom is 0.0805 e. The lowest BCUT2D eigenvalue weighted by Gasteiger charge is -1.99. The average molecular weight is 170 g/mol. The summed E-state index contributed by atoms with van der Waals surface area (Å²) < 4.78 is 0. The van der Waals surface area contributed by atoms with E-state index in [1.165, 1.54) is 0 Å². The average Bonchev–Trinajstić information content (AvgIpc) is 2.10. The summed E-state index contributed by atoms with van der Waals surface area (Å²) >= 11 is 0. The summed E-state index contributed by atoms with van der Waals surface area (Å²) in [6.45, 7) is 1.96. The number of hydrogen-bond acceptors (Lipinski definition) is 2. The van der Waals surface area contributed by atoms with Crippen LogP contribution in [0.25, 0.3) is 0 Å². The summed E-state index contributed by atoms with van der Waals surface area (Å²) in [6, 6.07) is 0. The van der Waals surface area contributed by atoms with Gasteiger partial charge in [0.15, 0.2) is 0 Å². The van der Waals surface area contributed by atoms with E-state index in [0.29, 0.717) is 6.42 Å². The molecular weight excluding hydrogens is 152 g/mol. The van der Waals surface area contributed by atoms with Crippen LogP contribution in [-0.4, -0.2) is 22.9 Å². The maximum atomic E-state index is 8.94. The molecule has 0 aromatic carbocycles. The first-order valence-electron chi connectivity index (χ1n) is 4.41. The van der Waals surface area contributed by atoms with Crippen LogP contribution in [0.4, 0.5) is 0 Å². The highest BCUT2D eigenvalue weighted by molar-refractivity contribution is 5.02. The van der Waals surface area contributed by atoms with E-state index in [9.17, 15) is 0 Å². The monoisotopic (exact) mass is 170 g/mol. The van der Waals surface area contributed by atoms with Crippen LogP contribution in [0, 0.1) is 0 Å². The zero-order chi connectivity index (χ0) is 9.23. The lowest BCUT2D eigenvalue weighted by atomic mass is 10.2. The van der Waals surface area contributed by atoms with Gasteiger partial charge in [-0.2, -0.15) is 0 Å². The lowest BCUT2D eigenvalue weighted by Crippen LogP contribution is -2.09. The highest BCUT2D eigenvalue weighted by Gasteiger charge is 1.95. The maximum absolute atomic E-state index is 8.94. The van der Waals surface area contributed by atoms with Crippen LogP contribution >= 0.6 is 0 Å². The van der Waals surface area contributed by atoms with Crippen LogP contribution < -0.4 is 0 Å². The summed E-state index contributed by atoms with van der Waals surface area (Å²) in [5, 5.41) is 17.4. The third-order valence-electron chi connectivity index (χ3n) is 1.46. The second-order valence-corrected chi connectivity index (χ2v) is 2.72. The van der Waals surface area contributed by atoms with Gasteiger partial charge >= 0.3 is 0 Å². The van der Waals surface area contributed by atoms with Crippen molar-refractivity contribution in [1.82, 2.24) is 0 Å². The molecular formula is C10H18O2. The Morgan fingerprint density at radius 3 is 2.50 bits per heavy atom. The van der Waals surface area contributed by atoms with Crippen molar-refractivity contribution < 1.29 is 10.2 Å².